The summed E-state index contributed by atoms with van der Waals surface area (Å²) in [7, 11) is -2.16. The van der Waals surface area contributed by atoms with Crippen molar-refractivity contribution >= 4 is 16.8 Å². The molecule has 0 radical (unpaired) electrons. The average Bonchev–Trinajstić information content (AvgIpc) is 2.43. The van der Waals surface area contributed by atoms with Gasteiger partial charge in [-0.2, -0.15) is 22.0 Å². The highest BCUT2D eigenvalue weighted by Crippen LogP contribution is 2.46. The second-order valence-corrected chi connectivity index (χ2v) is 6.01. The number of alkyl halides is 5. The highest BCUT2D eigenvalue weighted by Gasteiger charge is 2.60. The fourth-order valence-corrected chi connectivity index (χ4v) is 3.24. The molecule has 0 aliphatic heterocycles. The van der Waals surface area contributed by atoms with Crippen LogP contribution < -0.4 is 0 Å². The molecule has 0 bridgehead atoms. The van der Waals surface area contributed by atoms with Crippen molar-refractivity contribution in [3.05, 3.63) is 28.8 Å². The van der Waals surface area contributed by atoms with Gasteiger partial charge < -0.3 is 5.11 Å². The molecular weight excluding hydrogens is 331 g/mol. The van der Waals surface area contributed by atoms with Gasteiger partial charge in [-0.3, -0.25) is 4.21 Å². The van der Waals surface area contributed by atoms with Gasteiger partial charge in [0.1, 0.15) is 0 Å². The fourth-order valence-electron chi connectivity index (χ4n) is 1.98. The third-order valence-electron chi connectivity index (χ3n) is 3.03. The number of aromatic carboxylic acids is 1. The van der Waals surface area contributed by atoms with Gasteiger partial charge in [-0.25, -0.2) is 4.79 Å². The maximum absolute atomic E-state index is 13.7. The average molecular weight is 344 g/mol. The minimum Gasteiger partial charge on any atom is -0.478 e. The summed E-state index contributed by atoms with van der Waals surface area (Å²) in [5, 5.41) is 9.02. The van der Waals surface area contributed by atoms with Crippen molar-refractivity contribution in [2.45, 2.75) is 37.3 Å². The van der Waals surface area contributed by atoms with Gasteiger partial charge in [0.15, 0.2) is 0 Å². The van der Waals surface area contributed by atoms with E-state index in [0.717, 1.165) is 0 Å². The van der Waals surface area contributed by atoms with Gasteiger partial charge in [-0.1, -0.05) is 19.9 Å². The monoisotopic (exact) mass is 344 g/mol. The number of hydrogen-bond donors (Lipinski definition) is 1. The molecule has 22 heavy (non-hydrogen) atoms. The SMILES string of the molecule is CCc1c(C(=O)O)ccc(C(F)(F)C(F)(F)F)c1[S@](=O)CC. The molecule has 0 fully saturated rings. The van der Waals surface area contributed by atoms with E-state index < -0.39 is 44.9 Å². The van der Waals surface area contributed by atoms with Crippen molar-refractivity contribution in [3.8, 4) is 0 Å². The lowest BCUT2D eigenvalue weighted by Gasteiger charge is -2.24. The maximum atomic E-state index is 13.7. The van der Waals surface area contributed by atoms with E-state index in [-0.39, 0.29) is 17.7 Å². The molecule has 0 saturated heterocycles. The molecule has 0 unspecified atom stereocenters. The first-order chi connectivity index (χ1) is 9.98. The van der Waals surface area contributed by atoms with Crippen LogP contribution in [0.4, 0.5) is 22.0 Å². The highest BCUT2D eigenvalue weighted by atomic mass is 32.2. The summed E-state index contributed by atoms with van der Waals surface area (Å²) < 4.78 is 77.1. The second kappa shape index (κ2) is 6.31. The zero-order valence-corrected chi connectivity index (χ0v) is 12.4. The van der Waals surface area contributed by atoms with Crippen LogP contribution in [0.1, 0.15) is 35.3 Å². The van der Waals surface area contributed by atoms with Crippen molar-refractivity contribution in [3.63, 3.8) is 0 Å². The van der Waals surface area contributed by atoms with Crippen LogP contribution in [0.5, 0.6) is 0 Å². The van der Waals surface area contributed by atoms with E-state index in [9.17, 15) is 31.0 Å². The number of halogens is 5. The Morgan fingerprint density at radius 1 is 1.18 bits per heavy atom. The number of rotatable bonds is 5. The molecule has 0 amide bonds. The lowest BCUT2D eigenvalue weighted by Crippen LogP contribution is -2.35. The van der Waals surface area contributed by atoms with E-state index in [1.807, 2.05) is 0 Å². The van der Waals surface area contributed by atoms with Crippen LogP contribution in [-0.2, 0) is 23.1 Å². The van der Waals surface area contributed by atoms with Crippen LogP contribution >= 0.6 is 0 Å². The lowest BCUT2D eigenvalue weighted by atomic mass is 9.98. The molecule has 1 N–H and O–H groups in total. The molecule has 1 aromatic carbocycles. The molecule has 0 aliphatic rings. The van der Waals surface area contributed by atoms with Gasteiger partial charge in [0.05, 0.1) is 21.3 Å². The van der Waals surface area contributed by atoms with Crippen molar-refractivity contribution < 1.29 is 36.1 Å². The molecule has 0 heterocycles. The molecule has 0 aromatic heterocycles. The maximum Gasteiger partial charge on any atom is 0.458 e. The van der Waals surface area contributed by atoms with Crippen molar-refractivity contribution in [2.24, 2.45) is 0 Å². The predicted molar refractivity (Wildman–Crippen MR) is 69.7 cm³/mol. The quantitative estimate of drug-likeness (QED) is 0.828. The standard InChI is InChI=1S/C13H13F5O3S/c1-3-7-8(11(19)20)5-6-9(10(7)22(21)4-2)12(14,15)13(16,17)18/h5-6H,3-4H2,1-2H3,(H,19,20)/t22-/m1/s1. The Hall–Kier alpha value is -1.51. The van der Waals surface area contributed by atoms with E-state index >= 15 is 0 Å². The first-order valence-electron chi connectivity index (χ1n) is 6.21. The molecule has 0 saturated carbocycles. The third kappa shape index (κ3) is 3.13. The number of hydrogen-bond acceptors (Lipinski definition) is 2. The Kier molecular flexibility index (Phi) is 5.32. The topological polar surface area (TPSA) is 54.4 Å². The van der Waals surface area contributed by atoms with Crippen LogP contribution in [-0.4, -0.2) is 27.2 Å². The summed E-state index contributed by atoms with van der Waals surface area (Å²) in [5.41, 5.74) is -2.16. The molecule has 9 heteroatoms. The Labute approximate surface area is 125 Å². The van der Waals surface area contributed by atoms with E-state index in [4.69, 9.17) is 5.11 Å². The highest BCUT2D eigenvalue weighted by molar-refractivity contribution is 7.85. The van der Waals surface area contributed by atoms with Crippen molar-refractivity contribution in [2.75, 3.05) is 5.75 Å². The molecule has 0 aliphatic carbocycles. The summed E-state index contributed by atoms with van der Waals surface area (Å²) >= 11 is 0. The van der Waals surface area contributed by atoms with Crippen LogP contribution in [0.3, 0.4) is 0 Å². The fraction of sp³-hybridized carbons (Fsp3) is 0.462. The first kappa shape index (κ1) is 18.5. The summed E-state index contributed by atoms with van der Waals surface area (Å²) in [6.45, 7) is 2.74. The normalized spacial score (nSPS) is 14.0. The van der Waals surface area contributed by atoms with E-state index in [0.29, 0.717) is 12.1 Å². The number of carboxylic acids is 1. The molecule has 0 spiro atoms. The summed E-state index contributed by atoms with van der Waals surface area (Å²) in [6.07, 6.45) is -6.00. The van der Waals surface area contributed by atoms with Gasteiger partial charge >= 0.3 is 18.1 Å². The Bertz CT molecular complexity index is 610. The largest absolute Gasteiger partial charge is 0.478 e. The lowest BCUT2D eigenvalue weighted by molar-refractivity contribution is -0.290. The van der Waals surface area contributed by atoms with E-state index in [1.54, 1.807) is 0 Å². The van der Waals surface area contributed by atoms with Crippen molar-refractivity contribution in [1.29, 1.82) is 0 Å². The van der Waals surface area contributed by atoms with Gasteiger partial charge in [-0.15, -0.1) is 0 Å². The van der Waals surface area contributed by atoms with Crippen LogP contribution in [0.15, 0.2) is 17.0 Å². The van der Waals surface area contributed by atoms with Crippen molar-refractivity contribution in [1.82, 2.24) is 0 Å². The summed E-state index contributed by atoms with van der Waals surface area (Å²) in [5.74, 6) is -6.90. The smallest absolute Gasteiger partial charge is 0.458 e. The molecule has 124 valence electrons. The first-order valence-corrected chi connectivity index (χ1v) is 7.53. The predicted octanol–water partition coefficient (Wildman–Crippen LogP) is 3.73. The van der Waals surface area contributed by atoms with Gasteiger partial charge in [0, 0.05) is 11.3 Å². The Balaban J connectivity index is 3.81. The summed E-state index contributed by atoms with van der Waals surface area (Å²) in [4.78, 5) is 10.3. The Morgan fingerprint density at radius 2 is 1.73 bits per heavy atom. The van der Waals surface area contributed by atoms with Crippen LogP contribution in [0.25, 0.3) is 0 Å². The molecular formula is C13H13F5O3S. The third-order valence-corrected chi connectivity index (χ3v) is 4.47. The molecule has 3 nitrogen and oxygen atoms in total. The number of carboxylic acid groups (broad SMARTS) is 1. The summed E-state index contributed by atoms with van der Waals surface area (Å²) in [6, 6.07) is 1.07. The zero-order chi connectivity index (χ0) is 17.3. The van der Waals surface area contributed by atoms with E-state index in [2.05, 4.69) is 0 Å². The second-order valence-electron chi connectivity index (χ2n) is 4.33. The zero-order valence-electron chi connectivity index (χ0n) is 11.6. The van der Waals surface area contributed by atoms with Gasteiger partial charge in [0.25, 0.3) is 0 Å². The van der Waals surface area contributed by atoms with E-state index in [1.165, 1.54) is 13.8 Å². The number of carbonyl (C=O) groups is 1. The minimum absolute atomic E-state index is 0.134. The molecule has 1 aromatic rings. The molecule has 1 rings (SSSR count). The molecule has 1 atom stereocenters. The van der Waals surface area contributed by atoms with Gasteiger partial charge in [-0.05, 0) is 18.1 Å². The van der Waals surface area contributed by atoms with Gasteiger partial charge in [0.2, 0.25) is 0 Å². The van der Waals surface area contributed by atoms with Crippen LogP contribution in [0.2, 0.25) is 0 Å². The Morgan fingerprint density at radius 3 is 2.09 bits per heavy atom. The van der Waals surface area contributed by atoms with Crippen LogP contribution in [0, 0.1) is 0 Å². The minimum atomic E-state index is -5.87. The number of benzene rings is 1.